The predicted octanol–water partition coefficient (Wildman–Crippen LogP) is 2.46. The molecule has 0 unspecified atom stereocenters. The molecule has 10 rings (SSSR count). The fourth-order valence-corrected chi connectivity index (χ4v) is 11.8. The van der Waals surface area contributed by atoms with Crippen LogP contribution >= 0.6 is 43.2 Å². The molecule has 6 N–H and O–H groups in total. The predicted molar refractivity (Wildman–Crippen MR) is 232 cm³/mol. The Hall–Kier alpha value is -6.50. The number of ether oxygens (including phenoxy) is 2. The van der Waals surface area contributed by atoms with E-state index in [-0.39, 0.29) is 56.0 Å². The number of hydrogen-bond acceptors (Lipinski definition) is 16. The maximum Gasteiger partial charge on any atom is 0.327 e. The van der Waals surface area contributed by atoms with E-state index in [9.17, 15) is 68.4 Å². The van der Waals surface area contributed by atoms with Crippen LogP contribution in [-0.2, 0) is 28.8 Å². The van der Waals surface area contributed by atoms with Crippen molar-refractivity contribution < 1.29 is 77.8 Å². The number of nitrogens with zero attached hydrogens (tertiary/aromatic N) is 2. The van der Waals surface area contributed by atoms with E-state index in [1.54, 1.807) is 24.3 Å². The van der Waals surface area contributed by atoms with Gasteiger partial charge in [-0.25, -0.2) is 19.2 Å². The minimum Gasteiger partial charge on any atom is -0.483 e. The highest BCUT2D eigenvalue weighted by molar-refractivity contribution is 8.77. The molecule has 12 bridgehead atoms. The highest BCUT2D eigenvalue weighted by Crippen LogP contribution is 2.40. The molecule has 6 aliphatic heterocycles. The molecule has 332 valence electrons. The van der Waals surface area contributed by atoms with E-state index >= 15 is 0 Å². The van der Waals surface area contributed by atoms with E-state index in [1.165, 1.54) is 12.1 Å². The summed E-state index contributed by atoms with van der Waals surface area (Å²) in [6.07, 6.45) is 0. The van der Waals surface area contributed by atoms with Crippen LogP contribution in [0.15, 0.2) is 60.7 Å². The first-order chi connectivity index (χ1) is 30.6. The summed E-state index contributed by atoms with van der Waals surface area (Å²) in [5.41, 5.74) is -0.862. The van der Waals surface area contributed by atoms with Gasteiger partial charge in [0.15, 0.2) is 13.2 Å². The zero-order chi connectivity index (χ0) is 46.0. The molecule has 0 radical (unpaired) electrons. The largest absolute Gasteiger partial charge is 0.483 e. The van der Waals surface area contributed by atoms with Crippen LogP contribution in [0.25, 0.3) is 21.5 Å². The first-order valence-corrected chi connectivity index (χ1v) is 23.7. The van der Waals surface area contributed by atoms with Crippen LogP contribution in [0, 0.1) is 0 Å². The third kappa shape index (κ3) is 8.98. The minimum absolute atomic E-state index is 0.113. The Balaban J connectivity index is 1.19. The first kappa shape index (κ1) is 45.5. The van der Waals surface area contributed by atoms with Crippen LogP contribution in [0.1, 0.15) is 41.4 Å². The summed E-state index contributed by atoms with van der Waals surface area (Å²) in [5, 5.41) is 45.5. The molecule has 20 nitrogen and oxygen atoms in total. The number of carboxylic acids is 4. The quantitative estimate of drug-likeness (QED) is 0.126. The van der Waals surface area contributed by atoms with Gasteiger partial charge in [-0.3, -0.25) is 38.6 Å². The maximum absolute atomic E-state index is 14.0. The number of benzene rings is 4. The Morgan fingerprint density at radius 3 is 1.12 bits per heavy atom. The lowest BCUT2D eigenvalue weighted by molar-refractivity contribution is -0.141. The number of carbonyl (C=O) groups excluding carboxylic acids is 6. The van der Waals surface area contributed by atoms with Crippen LogP contribution in [-0.4, -0.2) is 150 Å². The highest BCUT2D eigenvalue weighted by atomic mass is 33.1. The summed E-state index contributed by atoms with van der Waals surface area (Å²) in [6, 6.07) is 7.59. The summed E-state index contributed by atoms with van der Waals surface area (Å²) in [7, 11) is 3.35. The van der Waals surface area contributed by atoms with Gasteiger partial charge in [0, 0.05) is 66.8 Å². The monoisotopic (exact) mass is 952 g/mol. The number of carboxylic acid groups (broad SMARTS) is 4. The lowest BCUT2D eigenvalue weighted by Gasteiger charge is -2.35. The molecule has 6 amide bonds. The standard InChI is InChI=1S/C40H32N4O16S4/c45-29-11-59-27-5-1-3-17-18(27)4-2-6-28(17)60-12-30(46)42-24(38(53)54)14-62-64-16-26(40(57)58)44-35(49)21-9-7-19-31-20(8-10-22(32(21)31)36(44)50)34(48)43(33(19)47)25(39(55)56)15-63-61-13-23(41-29)37(51)52/h1-10,23-26H,11-16H2,(H,41,45)(H,42,46)(H,51,52)(H,53,54)(H,55,56)(H,57,58)/t23-,24-,25-,26-/m0/s1. The van der Waals surface area contributed by atoms with Crippen LogP contribution in [0.3, 0.4) is 0 Å². The van der Waals surface area contributed by atoms with E-state index in [0.29, 0.717) is 20.6 Å². The Morgan fingerprint density at radius 1 is 0.484 bits per heavy atom. The van der Waals surface area contributed by atoms with Gasteiger partial charge in [0.25, 0.3) is 35.4 Å². The van der Waals surface area contributed by atoms with Crippen molar-refractivity contribution in [1.82, 2.24) is 20.4 Å². The molecule has 0 fully saturated rings. The van der Waals surface area contributed by atoms with E-state index in [2.05, 4.69) is 10.6 Å². The van der Waals surface area contributed by atoms with Crippen molar-refractivity contribution >= 4 is 124 Å². The molecule has 4 aromatic carbocycles. The minimum atomic E-state index is -1.78. The van der Waals surface area contributed by atoms with Crippen LogP contribution < -0.4 is 20.1 Å². The smallest absolute Gasteiger partial charge is 0.327 e. The van der Waals surface area contributed by atoms with Crippen molar-refractivity contribution in [3.63, 3.8) is 0 Å². The SMILES string of the molecule is O=C1COc2cccc3c(cccc23)OCC(=O)N[C@H](C(=O)O)CSSC[C@@H](C(=O)O)N2C(=O)c3ccc4c5c(ccc(c35)C2=O)C(=O)N(C4=O)[C@H](C(=O)O)CSSC[C@@H](C(=O)O)N1. The number of hydrogen-bond donors (Lipinski definition) is 6. The molecular weight excluding hydrogens is 921 g/mol. The lowest BCUT2D eigenvalue weighted by Crippen LogP contribution is -2.53. The number of nitrogens with one attached hydrogen (secondary N) is 2. The summed E-state index contributed by atoms with van der Waals surface area (Å²) in [6.45, 7) is -1.26. The normalized spacial score (nSPS) is 21.6. The molecule has 0 saturated carbocycles. The van der Waals surface area contributed by atoms with Crippen molar-refractivity contribution in [3.8, 4) is 11.5 Å². The van der Waals surface area contributed by atoms with Crippen molar-refractivity contribution in [3.05, 3.63) is 82.9 Å². The molecule has 64 heavy (non-hydrogen) atoms. The number of fused-ring (bicyclic) bond motifs is 2. The van der Waals surface area contributed by atoms with E-state index in [0.717, 1.165) is 67.4 Å². The number of rotatable bonds is 4. The Bertz CT molecular complexity index is 2450. The van der Waals surface area contributed by atoms with Gasteiger partial charge >= 0.3 is 23.9 Å². The zero-order valence-electron chi connectivity index (χ0n) is 32.5. The second-order valence-electron chi connectivity index (χ2n) is 14.0. The van der Waals surface area contributed by atoms with Crippen molar-refractivity contribution in [1.29, 1.82) is 0 Å². The molecule has 0 aliphatic carbocycles. The van der Waals surface area contributed by atoms with Crippen molar-refractivity contribution in [2.45, 2.75) is 24.2 Å². The first-order valence-electron chi connectivity index (χ1n) is 18.7. The van der Waals surface area contributed by atoms with Gasteiger partial charge in [-0.2, -0.15) is 0 Å². The molecule has 4 atom stereocenters. The highest BCUT2D eigenvalue weighted by Gasteiger charge is 2.46. The van der Waals surface area contributed by atoms with Crippen LogP contribution in [0.4, 0.5) is 0 Å². The van der Waals surface area contributed by atoms with Gasteiger partial charge < -0.3 is 40.5 Å². The summed E-state index contributed by atoms with van der Waals surface area (Å²) in [5.74, 6) is -12.9. The molecule has 0 spiro atoms. The van der Waals surface area contributed by atoms with E-state index < -0.39 is 108 Å². The molecular formula is C40H32N4O16S4. The maximum atomic E-state index is 14.0. The van der Waals surface area contributed by atoms with Gasteiger partial charge in [-0.05, 0) is 36.4 Å². The molecule has 24 heteroatoms. The van der Waals surface area contributed by atoms with Crippen LogP contribution in [0.5, 0.6) is 11.5 Å². The topological polar surface area (TPSA) is 301 Å². The number of amides is 6. The Kier molecular flexibility index (Phi) is 13.6. The fraction of sp³-hybridized carbons (Fsp3) is 0.250. The summed E-state index contributed by atoms with van der Waals surface area (Å²) in [4.78, 5) is 132. The van der Waals surface area contributed by atoms with Gasteiger partial charge in [-0.15, -0.1) is 0 Å². The van der Waals surface area contributed by atoms with Crippen molar-refractivity contribution in [2.75, 3.05) is 36.2 Å². The third-order valence-electron chi connectivity index (χ3n) is 10.1. The number of aliphatic carboxylic acids is 4. The average Bonchev–Trinajstić information content (AvgIpc) is 3.25. The number of carbonyl (C=O) groups is 10. The summed E-state index contributed by atoms with van der Waals surface area (Å²) < 4.78 is 11.4. The molecule has 0 aromatic heterocycles. The second-order valence-corrected chi connectivity index (χ2v) is 19.1. The van der Waals surface area contributed by atoms with Gasteiger partial charge in [-0.1, -0.05) is 67.4 Å². The van der Waals surface area contributed by atoms with Gasteiger partial charge in [0.05, 0.1) is 0 Å². The molecule has 6 aliphatic rings. The fourth-order valence-electron chi connectivity index (χ4n) is 7.06. The summed E-state index contributed by atoms with van der Waals surface area (Å²) >= 11 is 0. The Morgan fingerprint density at radius 2 is 0.812 bits per heavy atom. The van der Waals surface area contributed by atoms with E-state index in [4.69, 9.17) is 9.47 Å². The second kappa shape index (κ2) is 19.1. The molecule has 0 saturated heterocycles. The molecule has 4 aromatic rings. The van der Waals surface area contributed by atoms with Gasteiger partial charge in [0.2, 0.25) is 0 Å². The zero-order valence-corrected chi connectivity index (χ0v) is 35.8. The van der Waals surface area contributed by atoms with Crippen molar-refractivity contribution in [2.24, 2.45) is 0 Å². The lowest BCUT2D eigenvalue weighted by atomic mass is 9.85. The van der Waals surface area contributed by atoms with Gasteiger partial charge in [0.1, 0.15) is 35.7 Å². The number of imide groups is 2. The van der Waals surface area contributed by atoms with Crippen LogP contribution in [0.2, 0.25) is 0 Å². The Labute approximate surface area is 375 Å². The average molecular weight is 953 g/mol. The molecule has 6 heterocycles. The van der Waals surface area contributed by atoms with E-state index in [1.807, 2.05) is 0 Å². The third-order valence-corrected chi connectivity index (χ3v) is 14.9.